The number of hydrogen-bond acceptors (Lipinski definition) is 4. The van der Waals surface area contributed by atoms with Crippen LogP contribution in [0.15, 0.2) is 48.8 Å². The van der Waals surface area contributed by atoms with E-state index in [2.05, 4.69) is 4.98 Å². The fraction of sp³-hybridized carbons (Fsp3) is 0.350. The summed E-state index contributed by atoms with van der Waals surface area (Å²) in [6.07, 6.45) is 4.36. The summed E-state index contributed by atoms with van der Waals surface area (Å²) in [7, 11) is 1.62. The maximum atomic E-state index is 12.6. The van der Waals surface area contributed by atoms with Crippen LogP contribution < -0.4 is 4.74 Å². The van der Waals surface area contributed by atoms with Gasteiger partial charge in [-0.3, -0.25) is 14.6 Å². The molecule has 2 amide bonds. The molecule has 2 aromatic rings. The zero-order chi connectivity index (χ0) is 18.4. The third-order valence-corrected chi connectivity index (χ3v) is 4.55. The molecule has 6 heteroatoms. The van der Waals surface area contributed by atoms with Crippen LogP contribution in [0, 0.1) is 0 Å². The summed E-state index contributed by atoms with van der Waals surface area (Å²) in [5.41, 5.74) is 1.57. The standard InChI is InChI=1S/C20H23N3O3/c1-26-18-5-2-4-16(14-18)15-19(24)22-10-3-11-23(13-12-22)20(25)17-6-8-21-9-7-17/h2,4-9,14H,3,10-13,15H2,1H3. The summed E-state index contributed by atoms with van der Waals surface area (Å²) in [4.78, 5) is 32.8. The van der Waals surface area contributed by atoms with Crippen LogP contribution in [0.4, 0.5) is 0 Å². The molecule has 6 nitrogen and oxygen atoms in total. The molecule has 0 saturated carbocycles. The predicted molar refractivity (Wildman–Crippen MR) is 98.0 cm³/mol. The highest BCUT2D eigenvalue weighted by Gasteiger charge is 2.22. The number of aromatic nitrogens is 1. The normalized spacial score (nSPS) is 14.7. The van der Waals surface area contributed by atoms with Crippen LogP contribution >= 0.6 is 0 Å². The number of benzene rings is 1. The van der Waals surface area contributed by atoms with E-state index in [4.69, 9.17) is 4.74 Å². The third-order valence-electron chi connectivity index (χ3n) is 4.55. The van der Waals surface area contributed by atoms with Gasteiger partial charge in [0.2, 0.25) is 5.91 Å². The van der Waals surface area contributed by atoms with Crippen LogP contribution in [0.3, 0.4) is 0 Å². The van der Waals surface area contributed by atoms with E-state index in [1.807, 2.05) is 34.1 Å². The lowest BCUT2D eigenvalue weighted by molar-refractivity contribution is -0.130. The fourth-order valence-corrected chi connectivity index (χ4v) is 3.12. The lowest BCUT2D eigenvalue weighted by Crippen LogP contribution is -2.38. The van der Waals surface area contributed by atoms with Crippen molar-refractivity contribution >= 4 is 11.8 Å². The third kappa shape index (κ3) is 4.39. The van der Waals surface area contributed by atoms with Gasteiger partial charge in [0.15, 0.2) is 0 Å². The van der Waals surface area contributed by atoms with Gasteiger partial charge in [0.25, 0.3) is 5.91 Å². The molecule has 2 heterocycles. The van der Waals surface area contributed by atoms with Crippen molar-refractivity contribution in [2.75, 3.05) is 33.3 Å². The van der Waals surface area contributed by atoms with Crippen molar-refractivity contribution in [1.29, 1.82) is 0 Å². The van der Waals surface area contributed by atoms with Crippen molar-refractivity contribution in [3.63, 3.8) is 0 Å². The van der Waals surface area contributed by atoms with Crippen LogP contribution in [0.25, 0.3) is 0 Å². The van der Waals surface area contributed by atoms with E-state index in [0.717, 1.165) is 17.7 Å². The molecule has 0 atom stereocenters. The van der Waals surface area contributed by atoms with Crippen LogP contribution in [0.2, 0.25) is 0 Å². The van der Waals surface area contributed by atoms with Gasteiger partial charge in [0.05, 0.1) is 13.5 Å². The van der Waals surface area contributed by atoms with Gasteiger partial charge in [-0.1, -0.05) is 12.1 Å². The second-order valence-electron chi connectivity index (χ2n) is 6.29. The Morgan fingerprint density at radius 3 is 2.54 bits per heavy atom. The van der Waals surface area contributed by atoms with Gasteiger partial charge in [-0.25, -0.2) is 0 Å². The Morgan fingerprint density at radius 1 is 1.04 bits per heavy atom. The van der Waals surface area contributed by atoms with Gasteiger partial charge >= 0.3 is 0 Å². The molecule has 0 N–H and O–H groups in total. The van der Waals surface area contributed by atoms with E-state index >= 15 is 0 Å². The Hall–Kier alpha value is -2.89. The highest BCUT2D eigenvalue weighted by atomic mass is 16.5. The summed E-state index contributed by atoms with van der Waals surface area (Å²) in [5.74, 6) is 0.825. The van der Waals surface area contributed by atoms with Gasteiger partial charge in [-0.15, -0.1) is 0 Å². The first kappa shape index (κ1) is 17.9. The summed E-state index contributed by atoms with van der Waals surface area (Å²) in [6.45, 7) is 2.43. The van der Waals surface area contributed by atoms with E-state index in [1.54, 1.807) is 31.6 Å². The quantitative estimate of drug-likeness (QED) is 0.843. The van der Waals surface area contributed by atoms with Gasteiger partial charge in [-0.2, -0.15) is 0 Å². The van der Waals surface area contributed by atoms with Crippen LogP contribution in [-0.2, 0) is 11.2 Å². The van der Waals surface area contributed by atoms with E-state index in [9.17, 15) is 9.59 Å². The highest BCUT2D eigenvalue weighted by molar-refractivity contribution is 5.94. The van der Waals surface area contributed by atoms with Crippen molar-refractivity contribution in [2.24, 2.45) is 0 Å². The number of pyridine rings is 1. The number of ether oxygens (including phenoxy) is 1. The van der Waals surface area contributed by atoms with Gasteiger partial charge < -0.3 is 14.5 Å². The Bertz CT molecular complexity index is 764. The van der Waals surface area contributed by atoms with Crippen molar-refractivity contribution < 1.29 is 14.3 Å². The Labute approximate surface area is 153 Å². The summed E-state index contributed by atoms with van der Waals surface area (Å²) >= 11 is 0. The van der Waals surface area contributed by atoms with Crippen molar-refractivity contribution in [3.8, 4) is 5.75 Å². The molecule has 136 valence electrons. The second-order valence-corrected chi connectivity index (χ2v) is 6.29. The molecule has 0 aliphatic carbocycles. The molecule has 0 spiro atoms. The van der Waals surface area contributed by atoms with Crippen LogP contribution in [0.1, 0.15) is 22.3 Å². The molecule has 1 aliphatic heterocycles. The zero-order valence-electron chi connectivity index (χ0n) is 14.9. The summed E-state index contributed by atoms with van der Waals surface area (Å²) in [6, 6.07) is 11.0. The van der Waals surface area contributed by atoms with E-state index in [-0.39, 0.29) is 11.8 Å². The average Bonchev–Trinajstić information content (AvgIpc) is 2.94. The zero-order valence-corrected chi connectivity index (χ0v) is 14.9. The molecule has 1 fully saturated rings. The van der Waals surface area contributed by atoms with E-state index in [1.165, 1.54) is 0 Å². The average molecular weight is 353 g/mol. The van der Waals surface area contributed by atoms with Crippen molar-refractivity contribution in [3.05, 3.63) is 59.9 Å². The molecule has 26 heavy (non-hydrogen) atoms. The molecule has 1 saturated heterocycles. The highest BCUT2D eigenvalue weighted by Crippen LogP contribution is 2.15. The van der Waals surface area contributed by atoms with Crippen molar-refractivity contribution in [2.45, 2.75) is 12.8 Å². The topological polar surface area (TPSA) is 62.7 Å². The molecule has 0 bridgehead atoms. The lowest BCUT2D eigenvalue weighted by atomic mass is 10.1. The minimum absolute atomic E-state index is 0.00510. The summed E-state index contributed by atoms with van der Waals surface area (Å²) in [5, 5.41) is 0. The van der Waals surface area contributed by atoms with Crippen LogP contribution in [-0.4, -0.2) is 59.9 Å². The maximum absolute atomic E-state index is 12.6. The van der Waals surface area contributed by atoms with Gasteiger partial charge in [0.1, 0.15) is 5.75 Å². The Balaban J connectivity index is 1.59. The SMILES string of the molecule is COc1cccc(CC(=O)N2CCCN(C(=O)c3ccncc3)CC2)c1. The van der Waals surface area contributed by atoms with E-state index in [0.29, 0.717) is 38.2 Å². The van der Waals surface area contributed by atoms with Gasteiger partial charge in [0, 0.05) is 44.1 Å². The monoisotopic (exact) mass is 353 g/mol. The molecule has 1 aromatic heterocycles. The number of rotatable bonds is 4. The number of carbonyl (C=O) groups is 2. The fourth-order valence-electron chi connectivity index (χ4n) is 3.12. The number of amides is 2. The molecular formula is C20H23N3O3. The summed E-state index contributed by atoms with van der Waals surface area (Å²) < 4.78 is 5.21. The number of nitrogens with zero attached hydrogens (tertiary/aromatic N) is 3. The lowest BCUT2D eigenvalue weighted by Gasteiger charge is -2.22. The Kier molecular flexibility index (Phi) is 5.84. The maximum Gasteiger partial charge on any atom is 0.254 e. The number of methoxy groups -OCH3 is 1. The Morgan fingerprint density at radius 2 is 1.77 bits per heavy atom. The first-order valence-electron chi connectivity index (χ1n) is 8.77. The van der Waals surface area contributed by atoms with Crippen LogP contribution in [0.5, 0.6) is 5.75 Å². The smallest absolute Gasteiger partial charge is 0.254 e. The van der Waals surface area contributed by atoms with Crippen molar-refractivity contribution in [1.82, 2.24) is 14.8 Å². The number of hydrogen-bond donors (Lipinski definition) is 0. The predicted octanol–water partition coefficient (Wildman–Crippen LogP) is 2.01. The molecule has 0 radical (unpaired) electrons. The number of carbonyl (C=O) groups excluding carboxylic acids is 2. The first-order chi connectivity index (χ1) is 12.7. The molecule has 0 unspecified atom stereocenters. The minimum atomic E-state index is -0.00510. The van der Waals surface area contributed by atoms with E-state index < -0.39 is 0 Å². The molecule has 1 aliphatic rings. The minimum Gasteiger partial charge on any atom is -0.497 e. The molecule has 1 aromatic carbocycles. The molecule has 3 rings (SSSR count). The first-order valence-corrected chi connectivity index (χ1v) is 8.77. The largest absolute Gasteiger partial charge is 0.497 e. The second kappa shape index (κ2) is 8.47. The molecular weight excluding hydrogens is 330 g/mol. The van der Waals surface area contributed by atoms with Gasteiger partial charge in [-0.05, 0) is 36.2 Å².